The largest absolute Gasteiger partial charge is 0.494 e. The van der Waals surface area contributed by atoms with Crippen molar-refractivity contribution in [2.75, 3.05) is 37.4 Å². The van der Waals surface area contributed by atoms with Gasteiger partial charge in [0.15, 0.2) is 0 Å². The van der Waals surface area contributed by atoms with Crippen molar-refractivity contribution in [3.63, 3.8) is 0 Å². The number of hydrogen-bond donors (Lipinski definition) is 2. The van der Waals surface area contributed by atoms with Crippen LogP contribution in [0.1, 0.15) is 33.6 Å². The number of nitrogens with one attached hydrogen (secondary N) is 1. The molecule has 0 spiro atoms. The van der Waals surface area contributed by atoms with E-state index in [0.29, 0.717) is 23.9 Å². The number of carbonyl (C=O) groups is 1. The van der Waals surface area contributed by atoms with Crippen molar-refractivity contribution in [3.8, 4) is 5.75 Å². The Hall–Kier alpha value is -2.18. The van der Waals surface area contributed by atoms with Gasteiger partial charge in [-0.2, -0.15) is 0 Å². The highest BCUT2D eigenvalue weighted by Crippen LogP contribution is 2.27. The molecule has 0 unspecified atom stereocenters. The van der Waals surface area contributed by atoms with Crippen molar-refractivity contribution in [3.05, 3.63) is 12.3 Å². The van der Waals surface area contributed by atoms with E-state index in [-0.39, 0.29) is 6.09 Å². The summed E-state index contributed by atoms with van der Waals surface area (Å²) >= 11 is 0. The molecule has 0 bridgehead atoms. The molecule has 0 aliphatic carbocycles. The summed E-state index contributed by atoms with van der Waals surface area (Å²) in [7, 11) is 1.60. The number of nitrogens with two attached hydrogens (primary N) is 1. The van der Waals surface area contributed by atoms with Gasteiger partial charge in [0.1, 0.15) is 17.2 Å². The molecule has 7 heteroatoms. The van der Waals surface area contributed by atoms with Crippen LogP contribution >= 0.6 is 0 Å². The molecule has 0 saturated carbocycles. The van der Waals surface area contributed by atoms with Crippen LogP contribution in [0.25, 0.3) is 0 Å². The zero-order chi connectivity index (χ0) is 17.7. The molecule has 134 valence electrons. The van der Waals surface area contributed by atoms with Crippen LogP contribution in [0.5, 0.6) is 5.75 Å². The second-order valence-corrected chi connectivity index (χ2v) is 7.10. The fraction of sp³-hybridized carbons (Fsp3) is 0.647. The molecular formula is C17H28N4O3. The van der Waals surface area contributed by atoms with E-state index < -0.39 is 5.60 Å². The number of carbonyl (C=O) groups excluding carboxylic acids is 1. The average Bonchev–Trinajstić information content (AvgIpc) is 2.52. The quantitative estimate of drug-likeness (QED) is 0.877. The van der Waals surface area contributed by atoms with E-state index in [9.17, 15) is 4.79 Å². The van der Waals surface area contributed by atoms with Crippen molar-refractivity contribution in [1.29, 1.82) is 0 Å². The Kier molecular flexibility index (Phi) is 5.75. The Bertz CT molecular complexity index is 563. The second-order valence-electron chi connectivity index (χ2n) is 7.10. The number of anilines is 2. The molecule has 0 atom stereocenters. The number of aromatic nitrogens is 1. The molecule has 1 aliphatic heterocycles. The molecule has 1 saturated heterocycles. The zero-order valence-corrected chi connectivity index (χ0v) is 15.0. The number of pyridine rings is 1. The summed E-state index contributed by atoms with van der Waals surface area (Å²) in [6, 6.07) is 1.87. The van der Waals surface area contributed by atoms with Crippen LogP contribution in [0.3, 0.4) is 0 Å². The van der Waals surface area contributed by atoms with E-state index in [1.54, 1.807) is 13.3 Å². The van der Waals surface area contributed by atoms with Crippen molar-refractivity contribution >= 4 is 17.6 Å². The first-order valence-corrected chi connectivity index (χ1v) is 8.30. The van der Waals surface area contributed by atoms with Crippen LogP contribution in [0.2, 0.25) is 0 Å². The first kappa shape index (κ1) is 18.2. The van der Waals surface area contributed by atoms with Crippen LogP contribution in [-0.4, -0.2) is 43.4 Å². The van der Waals surface area contributed by atoms with Gasteiger partial charge in [0.2, 0.25) is 0 Å². The predicted molar refractivity (Wildman–Crippen MR) is 94.4 cm³/mol. The zero-order valence-electron chi connectivity index (χ0n) is 15.0. The normalized spacial score (nSPS) is 15.9. The number of alkyl carbamates (subject to hydrolysis) is 1. The number of piperidine rings is 1. The number of ether oxygens (including phenoxy) is 2. The van der Waals surface area contributed by atoms with Crippen molar-refractivity contribution in [1.82, 2.24) is 10.3 Å². The SMILES string of the molecule is COc1cc(N2CCC(CNC(=O)OC(C)(C)C)CC2)ncc1N. The van der Waals surface area contributed by atoms with E-state index in [4.69, 9.17) is 15.2 Å². The minimum Gasteiger partial charge on any atom is -0.494 e. The highest BCUT2D eigenvalue weighted by Gasteiger charge is 2.22. The van der Waals surface area contributed by atoms with Gasteiger partial charge in [0.25, 0.3) is 0 Å². The maximum absolute atomic E-state index is 11.7. The number of nitrogens with zero attached hydrogens (tertiary/aromatic N) is 2. The maximum atomic E-state index is 11.7. The molecule has 0 radical (unpaired) electrons. The number of amides is 1. The van der Waals surface area contributed by atoms with Gasteiger partial charge in [0, 0.05) is 25.7 Å². The highest BCUT2D eigenvalue weighted by atomic mass is 16.6. The third kappa shape index (κ3) is 5.18. The lowest BCUT2D eigenvalue weighted by molar-refractivity contribution is 0.0517. The second kappa shape index (κ2) is 7.59. The fourth-order valence-corrected chi connectivity index (χ4v) is 2.69. The summed E-state index contributed by atoms with van der Waals surface area (Å²) < 4.78 is 10.5. The molecule has 24 heavy (non-hydrogen) atoms. The smallest absolute Gasteiger partial charge is 0.407 e. The lowest BCUT2D eigenvalue weighted by Crippen LogP contribution is -2.40. The van der Waals surface area contributed by atoms with Crippen LogP contribution < -0.4 is 20.7 Å². The minimum absolute atomic E-state index is 0.352. The summed E-state index contributed by atoms with van der Waals surface area (Å²) in [5, 5.41) is 2.86. The maximum Gasteiger partial charge on any atom is 0.407 e. The van der Waals surface area contributed by atoms with Gasteiger partial charge in [-0.25, -0.2) is 9.78 Å². The van der Waals surface area contributed by atoms with E-state index >= 15 is 0 Å². The van der Waals surface area contributed by atoms with Gasteiger partial charge >= 0.3 is 6.09 Å². The number of methoxy groups -OCH3 is 1. The average molecular weight is 336 g/mol. The third-order valence-electron chi connectivity index (χ3n) is 3.97. The van der Waals surface area contributed by atoms with Crippen LogP contribution in [-0.2, 0) is 4.74 Å². The summed E-state index contributed by atoms with van der Waals surface area (Å²) in [6.07, 6.45) is 3.26. The number of nitrogen functional groups attached to an aromatic ring is 1. The van der Waals surface area contributed by atoms with Crippen molar-refractivity contribution < 1.29 is 14.3 Å². The van der Waals surface area contributed by atoms with E-state index in [2.05, 4.69) is 15.2 Å². The predicted octanol–water partition coefficient (Wildman–Crippen LogP) is 2.41. The summed E-state index contributed by atoms with van der Waals surface area (Å²) in [5.41, 5.74) is 5.88. The molecule has 1 aliphatic rings. The van der Waals surface area contributed by atoms with Crippen LogP contribution in [0, 0.1) is 5.92 Å². The molecular weight excluding hydrogens is 308 g/mol. The summed E-state index contributed by atoms with van der Waals surface area (Å²) in [5.74, 6) is 1.97. The summed E-state index contributed by atoms with van der Waals surface area (Å²) in [6.45, 7) is 8.00. The Morgan fingerprint density at radius 3 is 2.67 bits per heavy atom. The number of hydrogen-bond acceptors (Lipinski definition) is 6. The van der Waals surface area contributed by atoms with E-state index in [0.717, 1.165) is 31.7 Å². The lowest BCUT2D eigenvalue weighted by atomic mass is 9.97. The fourth-order valence-electron chi connectivity index (χ4n) is 2.69. The van der Waals surface area contributed by atoms with E-state index in [1.807, 2.05) is 26.8 Å². The van der Waals surface area contributed by atoms with Gasteiger partial charge in [-0.05, 0) is 39.5 Å². The Labute approximate surface area is 143 Å². The first-order valence-electron chi connectivity index (χ1n) is 8.30. The molecule has 3 N–H and O–H groups in total. The molecule has 1 aromatic rings. The van der Waals surface area contributed by atoms with Gasteiger partial charge in [0.05, 0.1) is 19.0 Å². The van der Waals surface area contributed by atoms with Crippen LogP contribution in [0.15, 0.2) is 12.3 Å². The van der Waals surface area contributed by atoms with Gasteiger partial charge in [-0.1, -0.05) is 0 Å². The Morgan fingerprint density at radius 1 is 1.42 bits per heavy atom. The topological polar surface area (TPSA) is 89.7 Å². The van der Waals surface area contributed by atoms with Crippen molar-refractivity contribution in [2.45, 2.75) is 39.2 Å². The standard InChI is InChI=1S/C17H28N4O3/c1-17(2,3)24-16(22)20-10-12-5-7-21(8-6-12)15-9-14(23-4)13(18)11-19-15/h9,11-12H,5-8,10,18H2,1-4H3,(H,20,22). The van der Waals surface area contributed by atoms with Gasteiger partial charge in [-0.15, -0.1) is 0 Å². The monoisotopic (exact) mass is 336 g/mol. The Balaban J connectivity index is 1.80. The first-order chi connectivity index (χ1) is 11.3. The van der Waals surface area contributed by atoms with E-state index in [1.165, 1.54) is 0 Å². The molecule has 0 aromatic carbocycles. The molecule has 7 nitrogen and oxygen atoms in total. The molecule has 1 aromatic heterocycles. The third-order valence-corrected chi connectivity index (χ3v) is 3.97. The molecule has 1 amide bonds. The molecule has 1 fully saturated rings. The summed E-state index contributed by atoms with van der Waals surface area (Å²) in [4.78, 5) is 18.3. The Morgan fingerprint density at radius 2 is 2.08 bits per heavy atom. The molecule has 2 rings (SSSR count). The molecule has 2 heterocycles. The minimum atomic E-state index is -0.465. The number of rotatable bonds is 4. The van der Waals surface area contributed by atoms with Crippen molar-refractivity contribution in [2.24, 2.45) is 5.92 Å². The van der Waals surface area contributed by atoms with Crippen LogP contribution in [0.4, 0.5) is 16.3 Å². The van der Waals surface area contributed by atoms with Gasteiger partial charge < -0.3 is 25.4 Å². The van der Waals surface area contributed by atoms with Gasteiger partial charge in [-0.3, -0.25) is 0 Å². The lowest BCUT2D eigenvalue weighted by Gasteiger charge is -2.33. The highest BCUT2D eigenvalue weighted by molar-refractivity contribution is 5.67.